The molecule has 166 valence electrons. The number of ether oxygens (including phenoxy) is 1. The number of sulfonamides is 1. The molecular weight excluding hydrogens is 426 g/mol. The number of nitrogens with zero attached hydrogens (tertiary/aromatic N) is 1. The molecule has 0 aliphatic rings. The Labute approximate surface area is 188 Å². The van der Waals surface area contributed by atoms with Crippen LogP contribution in [-0.2, 0) is 10.0 Å². The summed E-state index contributed by atoms with van der Waals surface area (Å²) in [5.41, 5.74) is 5.71. The monoisotopic (exact) mass is 451 g/mol. The number of benzene rings is 3. The number of hydrogen-bond donors (Lipinski definition) is 2. The molecular formula is C24H25N3O4S. The first-order chi connectivity index (χ1) is 15.3. The molecule has 32 heavy (non-hydrogen) atoms. The van der Waals surface area contributed by atoms with E-state index in [-0.39, 0.29) is 10.5 Å². The lowest BCUT2D eigenvalue weighted by Crippen LogP contribution is -2.19. The van der Waals surface area contributed by atoms with Gasteiger partial charge in [-0.25, -0.2) is 13.8 Å². The largest absolute Gasteiger partial charge is 0.494 e. The summed E-state index contributed by atoms with van der Waals surface area (Å²) in [4.78, 5) is 12.4. The maximum absolute atomic E-state index is 12.8. The van der Waals surface area contributed by atoms with Gasteiger partial charge in [-0.1, -0.05) is 23.8 Å². The van der Waals surface area contributed by atoms with Gasteiger partial charge in [0.2, 0.25) is 0 Å². The summed E-state index contributed by atoms with van der Waals surface area (Å²) in [6, 6.07) is 18.5. The fourth-order valence-electron chi connectivity index (χ4n) is 2.98. The number of rotatable bonds is 8. The van der Waals surface area contributed by atoms with E-state index in [0.29, 0.717) is 12.3 Å². The molecule has 0 aliphatic heterocycles. The van der Waals surface area contributed by atoms with Gasteiger partial charge in [0.1, 0.15) is 5.75 Å². The second kappa shape index (κ2) is 10.1. The quantitative estimate of drug-likeness (QED) is 0.395. The first kappa shape index (κ1) is 23.0. The van der Waals surface area contributed by atoms with E-state index in [0.717, 1.165) is 22.4 Å². The van der Waals surface area contributed by atoms with Gasteiger partial charge in [-0.15, -0.1) is 0 Å². The first-order valence-electron chi connectivity index (χ1n) is 10.0. The minimum Gasteiger partial charge on any atom is -0.494 e. The van der Waals surface area contributed by atoms with Gasteiger partial charge in [-0.2, -0.15) is 5.10 Å². The summed E-state index contributed by atoms with van der Waals surface area (Å²) in [5, 5.41) is 3.94. The maximum atomic E-state index is 12.8. The van der Waals surface area contributed by atoms with Gasteiger partial charge in [-0.3, -0.25) is 9.52 Å². The van der Waals surface area contributed by atoms with Crippen molar-refractivity contribution >= 4 is 27.8 Å². The van der Waals surface area contributed by atoms with Crippen LogP contribution in [0, 0.1) is 13.8 Å². The van der Waals surface area contributed by atoms with E-state index in [4.69, 9.17) is 4.74 Å². The Morgan fingerprint density at radius 2 is 1.78 bits per heavy atom. The number of carbonyl (C=O) groups excluding carboxylic acids is 1. The lowest BCUT2D eigenvalue weighted by atomic mass is 10.1. The third-order valence-corrected chi connectivity index (χ3v) is 5.97. The number of aryl methyl sites for hydroxylation is 2. The molecule has 3 rings (SSSR count). The molecule has 3 aromatic carbocycles. The molecule has 2 N–H and O–H groups in total. The van der Waals surface area contributed by atoms with Crippen LogP contribution < -0.4 is 14.9 Å². The lowest BCUT2D eigenvalue weighted by molar-refractivity contribution is 0.0955. The summed E-state index contributed by atoms with van der Waals surface area (Å²) >= 11 is 0. The molecule has 0 aromatic heterocycles. The van der Waals surface area contributed by atoms with E-state index in [1.807, 2.05) is 57.2 Å². The molecule has 0 heterocycles. The van der Waals surface area contributed by atoms with E-state index in [2.05, 4.69) is 15.2 Å². The Hall–Kier alpha value is -3.65. The zero-order valence-corrected chi connectivity index (χ0v) is 18.9. The molecule has 0 spiro atoms. The van der Waals surface area contributed by atoms with E-state index in [1.54, 1.807) is 6.07 Å². The van der Waals surface area contributed by atoms with Crippen LogP contribution in [-0.4, -0.2) is 27.1 Å². The number of hydrazone groups is 1. The van der Waals surface area contributed by atoms with Crippen molar-refractivity contribution < 1.29 is 17.9 Å². The van der Waals surface area contributed by atoms with Gasteiger partial charge < -0.3 is 4.74 Å². The van der Waals surface area contributed by atoms with Gasteiger partial charge in [0, 0.05) is 5.56 Å². The topological polar surface area (TPSA) is 96.9 Å². The van der Waals surface area contributed by atoms with Crippen LogP contribution in [0.2, 0.25) is 0 Å². The summed E-state index contributed by atoms with van der Waals surface area (Å²) in [7, 11) is -3.86. The van der Waals surface area contributed by atoms with Crippen LogP contribution in [0.1, 0.15) is 34.0 Å². The maximum Gasteiger partial charge on any atom is 0.271 e. The molecule has 0 saturated heterocycles. The zero-order chi connectivity index (χ0) is 23.1. The van der Waals surface area contributed by atoms with Crippen molar-refractivity contribution in [1.29, 1.82) is 0 Å². The zero-order valence-electron chi connectivity index (χ0n) is 18.1. The second-order valence-corrected chi connectivity index (χ2v) is 8.84. The van der Waals surface area contributed by atoms with Crippen LogP contribution in [0.4, 0.5) is 5.69 Å². The number of nitrogens with one attached hydrogen (secondary N) is 2. The van der Waals surface area contributed by atoms with Crippen molar-refractivity contribution in [2.75, 3.05) is 11.3 Å². The van der Waals surface area contributed by atoms with Gasteiger partial charge in [0.05, 0.1) is 23.4 Å². The van der Waals surface area contributed by atoms with Crippen LogP contribution in [0.15, 0.2) is 76.7 Å². The molecule has 7 nitrogen and oxygen atoms in total. The number of carbonyl (C=O) groups is 1. The number of anilines is 1. The highest BCUT2D eigenvalue weighted by molar-refractivity contribution is 7.92. The Kier molecular flexibility index (Phi) is 7.27. The average Bonchev–Trinajstić information content (AvgIpc) is 2.77. The van der Waals surface area contributed by atoms with Crippen molar-refractivity contribution in [2.24, 2.45) is 5.10 Å². The van der Waals surface area contributed by atoms with E-state index >= 15 is 0 Å². The Morgan fingerprint density at radius 3 is 2.47 bits per heavy atom. The SMILES string of the molecule is CCOc1ccc(/C=N/NC(=O)c2cccc(S(=O)(=O)Nc3ccc(C)cc3C)c2)cc1. The van der Waals surface area contributed by atoms with E-state index in [1.165, 1.54) is 30.5 Å². The molecule has 0 aliphatic carbocycles. The van der Waals surface area contributed by atoms with Gasteiger partial charge in [-0.05, 0) is 80.4 Å². The molecule has 0 radical (unpaired) electrons. The molecule has 8 heteroatoms. The molecule has 0 bridgehead atoms. The predicted molar refractivity (Wildman–Crippen MR) is 126 cm³/mol. The van der Waals surface area contributed by atoms with E-state index in [9.17, 15) is 13.2 Å². The van der Waals surface area contributed by atoms with Crippen molar-refractivity contribution in [3.05, 3.63) is 89.0 Å². The Balaban J connectivity index is 1.69. The summed E-state index contributed by atoms with van der Waals surface area (Å²) in [6.07, 6.45) is 1.50. The molecule has 1 amide bonds. The smallest absolute Gasteiger partial charge is 0.271 e. The van der Waals surface area contributed by atoms with Gasteiger partial charge in [0.25, 0.3) is 15.9 Å². The minimum absolute atomic E-state index is 0.0133. The Bertz CT molecular complexity index is 1240. The first-order valence-corrected chi connectivity index (χ1v) is 11.5. The van der Waals surface area contributed by atoms with Crippen molar-refractivity contribution in [3.63, 3.8) is 0 Å². The van der Waals surface area contributed by atoms with Crippen LogP contribution in [0.25, 0.3) is 0 Å². The third-order valence-electron chi connectivity index (χ3n) is 4.60. The van der Waals surface area contributed by atoms with Crippen molar-refractivity contribution in [3.8, 4) is 5.75 Å². The second-order valence-electron chi connectivity index (χ2n) is 7.15. The minimum atomic E-state index is -3.86. The number of hydrogen-bond acceptors (Lipinski definition) is 5. The summed E-state index contributed by atoms with van der Waals surface area (Å²) in [5.74, 6) is 0.233. The molecule has 0 unspecified atom stereocenters. The normalized spacial score (nSPS) is 11.3. The van der Waals surface area contributed by atoms with Gasteiger partial charge in [0.15, 0.2) is 0 Å². The summed E-state index contributed by atoms with van der Waals surface area (Å²) in [6.45, 7) is 6.26. The van der Waals surface area contributed by atoms with Crippen LogP contribution >= 0.6 is 0 Å². The molecule has 3 aromatic rings. The van der Waals surface area contributed by atoms with Crippen molar-refractivity contribution in [2.45, 2.75) is 25.7 Å². The van der Waals surface area contributed by atoms with Crippen LogP contribution in [0.5, 0.6) is 5.75 Å². The fourth-order valence-corrected chi connectivity index (χ4v) is 4.16. The molecule has 0 fully saturated rings. The summed E-state index contributed by atoms with van der Waals surface area (Å²) < 4.78 is 33.6. The lowest BCUT2D eigenvalue weighted by Gasteiger charge is -2.12. The third kappa shape index (κ3) is 5.95. The highest BCUT2D eigenvalue weighted by Gasteiger charge is 2.17. The van der Waals surface area contributed by atoms with Crippen molar-refractivity contribution in [1.82, 2.24) is 5.43 Å². The highest BCUT2D eigenvalue weighted by atomic mass is 32.2. The Morgan fingerprint density at radius 1 is 1.03 bits per heavy atom. The molecule has 0 saturated carbocycles. The predicted octanol–water partition coefficient (Wildman–Crippen LogP) is 4.27. The van der Waals surface area contributed by atoms with E-state index < -0.39 is 15.9 Å². The number of amides is 1. The average molecular weight is 452 g/mol. The highest BCUT2D eigenvalue weighted by Crippen LogP contribution is 2.21. The fraction of sp³-hybridized carbons (Fsp3) is 0.167. The van der Waals surface area contributed by atoms with Crippen LogP contribution in [0.3, 0.4) is 0 Å². The van der Waals surface area contributed by atoms with Gasteiger partial charge >= 0.3 is 0 Å². The standard InChI is InChI=1S/C24H25N3O4S/c1-4-31-21-11-9-19(10-12-21)16-25-26-24(28)20-6-5-7-22(15-20)32(29,30)27-23-13-8-17(2)14-18(23)3/h5-16,27H,4H2,1-3H3,(H,26,28)/b25-16+. The molecule has 0 atom stereocenters.